The molecule has 0 radical (unpaired) electrons. The fraction of sp³-hybridized carbons (Fsp3) is 0.176. The summed E-state index contributed by atoms with van der Waals surface area (Å²) in [5.74, 6) is 0.503. The first kappa shape index (κ1) is 16.3. The van der Waals surface area contributed by atoms with Gasteiger partial charge in [-0.05, 0) is 0 Å². The predicted molar refractivity (Wildman–Crippen MR) is 90.9 cm³/mol. The molecule has 0 saturated heterocycles. The molecular formula is C17H12ClFN2OSW. The number of hydrogen-bond acceptors (Lipinski definition) is 3. The number of fused-ring (bicyclic) bond motifs is 1. The van der Waals surface area contributed by atoms with Crippen molar-refractivity contribution >= 4 is 39.0 Å². The number of carbonyl (C=O) groups excluding carboxylic acids is 1. The zero-order valence-corrected chi connectivity index (χ0v) is 17.0. The molecule has 2 aliphatic rings. The van der Waals surface area contributed by atoms with Gasteiger partial charge in [0.05, 0.1) is 0 Å². The summed E-state index contributed by atoms with van der Waals surface area (Å²) in [7, 11) is 0. The van der Waals surface area contributed by atoms with Gasteiger partial charge in [-0.2, -0.15) is 0 Å². The van der Waals surface area contributed by atoms with E-state index in [0.717, 1.165) is 20.2 Å². The van der Waals surface area contributed by atoms with Crippen molar-refractivity contribution in [3.05, 3.63) is 58.4 Å². The van der Waals surface area contributed by atoms with Crippen molar-refractivity contribution < 1.29 is 27.1 Å². The van der Waals surface area contributed by atoms with E-state index in [1.807, 2.05) is 30.3 Å². The van der Waals surface area contributed by atoms with E-state index in [1.165, 1.54) is 11.8 Å². The fourth-order valence-electron chi connectivity index (χ4n) is 2.62. The molecule has 0 unspecified atom stereocenters. The third kappa shape index (κ3) is 3.30. The molecule has 7 heteroatoms. The standard InChI is InChI=1S/C17H12ClFN2OS.W/c18-13-3-1-11(2-4-13)10-21-15-7-12(9-20)14(19)8-16(15)23-6-5-17(21)22;/h1-4,7-8H,5-6,10H2;. The van der Waals surface area contributed by atoms with E-state index in [1.54, 1.807) is 11.0 Å². The van der Waals surface area contributed by atoms with Crippen LogP contribution in [-0.4, -0.2) is 15.7 Å². The minimum absolute atomic E-state index is 0.0613. The van der Waals surface area contributed by atoms with Gasteiger partial charge in [0.2, 0.25) is 0 Å². The average Bonchev–Trinajstić information content (AvgIpc) is 3.39. The van der Waals surface area contributed by atoms with Gasteiger partial charge in [0.15, 0.2) is 0 Å². The Kier molecular flexibility index (Phi) is 4.50. The predicted octanol–water partition coefficient (Wildman–Crippen LogP) is 4.27. The average molecular weight is 531 g/mol. The molecule has 0 spiro atoms. The van der Waals surface area contributed by atoms with Crippen LogP contribution in [0.15, 0.2) is 44.8 Å². The summed E-state index contributed by atoms with van der Waals surface area (Å²) < 4.78 is 19.5. The van der Waals surface area contributed by atoms with Crippen LogP contribution in [0.1, 0.15) is 17.5 Å². The van der Waals surface area contributed by atoms with Crippen LogP contribution in [0.25, 0.3) is 0 Å². The molecular weight excluding hydrogens is 519 g/mol. The number of hydrogen-bond donors (Lipinski definition) is 0. The van der Waals surface area contributed by atoms with E-state index >= 15 is 0 Å². The molecule has 24 heavy (non-hydrogen) atoms. The van der Waals surface area contributed by atoms with Crippen molar-refractivity contribution in [1.82, 2.24) is 0 Å². The number of thioether (sulfide) groups is 1. The molecule has 4 rings (SSSR count). The quantitative estimate of drug-likeness (QED) is 0.594. The zero-order valence-electron chi connectivity index (χ0n) is 12.5. The Morgan fingerprint density at radius 3 is 2.75 bits per heavy atom. The summed E-state index contributed by atoms with van der Waals surface area (Å²) in [6.45, 7) is 0.459. The van der Waals surface area contributed by atoms with E-state index in [0.29, 0.717) is 29.3 Å². The van der Waals surface area contributed by atoms with Gasteiger partial charge < -0.3 is 0 Å². The maximum absolute atomic E-state index is 14.3. The third-order valence-electron chi connectivity index (χ3n) is 3.88. The maximum atomic E-state index is 14.3. The number of carbonyl (C=O) groups is 1. The second-order valence-corrected chi connectivity index (χ2v) is 9.77. The second kappa shape index (κ2) is 6.62. The Labute approximate surface area is 156 Å². The van der Waals surface area contributed by atoms with E-state index in [9.17, 15) is 9.18 Å². The van der Waals surface area contributed by atoms with Gasteiger partial charge in [0.1, 0.15) is 0 Å². The zero-order chi connectivity index (χ0) is 16.7. The van der Waals surface area contributed by atoms with Crippen LogP contribution >= 0.6 is 23.4 Å². The van der Waals surface area contributed by atoms with Crippen LogP contribution in [0.2, 0.25) is 5.02 Å². The van der Waals surface area contributed by atoms with E-state index in [4.69, 9.17) is 11.6 Å². The molecule has 0 fully saturated rings. The summed E-state index contributed by atoms with van der Waals surface area (Å²) in [5.41, 5.74) is 2.37. The number of benzene rings is 2. The molecule has 2 aromatic carbocycles. The Balaban J connectivity index is 1.75. The first-order valence-corrected chi connectivity index (χ1v) is 11.5. The summed E-state index contributed by atoms with van der Waals surface area (Å²) in [4.78, 5) is 15.2. The Morgan fingerprint density at radius 2 is 2.04 bits per heavy atom. The molecule has 0 aromatic heterocycles. The molecule has 0 aliphatic carbocycles. The van der Waals surface area contributed by atoms with Crippen molar-refractivity contribution in [2.45, 2.75) is 17.9 Å². The molecule has 3 nitrogen and oxygen atoms in total. The molecule has 122 valence electrons. The monoisotopic (exact) mass is 530 g/mol. The van der Waals surface area contributed by atoms with Crippen LogP contribution in [0.3, 0.4) is 0 Å². The summed E-state index contributed by atoms with van der Waals surface area (Å²) >= 11 is 6.65. The van der Waals surface area contributed by atoms with Gasteiger partial charge in [-0.3, -0.25) is 0 Å². The number of nitrogens with zero attached hydrogens (tertiary/aromatic N) is 2. The van der Waals surface area contributed by atoms with E-state index in [-0.39, 0.29) is 11.7 Å². The molecule has 0 bridgehead atoms. The van der Waals surface area contributed by atoms with Crippen LogP contribution < -0.4 is 4.90 Å². The normalized spacial score (nSPS) is 16.2. The molecule has 0 N–H and O–H groups in total. The molecule has 2 heterocycles. The molecule has 2 aliphatic heterocycles. The third-order valence-corrected chi connectivity index (χ3v) is 7.28. The summed E-state index contributed by atoms with van der Waals surface area (Å²) in [6, 6.07) is 10.8. The number of amides is 1. The van der Waals surface area contributed by atoms with E-state index < -0.39 is 17.9 Å². The van der Waals surface area contributed by atoms with Gasteiger partial charge in [0.25, 0.3) is 0 Å². The second-order valence-electron chi connectivity index (χ2n) is 5.49. The van der Waals surface area contributed by atoms with E-state index in [2.05, 4.69) is 3.50 Å². The molecule has 0 saturated carbocycles. The Hall–Kier alpha value is -1.16. The fourth-order valence-corrected chi connectivity index (χ4v) is 5.18. The van der Waals surface area contributed by atoms with Crippen molar-refractivity contribution in [2.75, 3.05) is 10.7 Å². The molecule has 0 atom stereocenters. The SMILES string of the molecule is O=C1CCSc2cc(F)c([C]3=[W]=[N]3)cc2N1Cc1ccc(Cl)cc1. The number of halogens is 2. The number of rotatable bonds is 3. The van der Waals surface area contributed by atoms with Crippen molar-refractivity contribution in [2.24, 2.45) is 3.50 Å². The van der Waals surface area contributed by atoms with Gasteiger partial charge in [-0.25, -0.2) is 0 Å². The Morgan fingerprint density at radius 1 is 1.29 bits per heavy atom. The molecule has 1 amide bonds. The first-order chi connectivity index (χ1) is 11.6. The minimum atomic E-state index is -0.819. The van der Waals surface area contributed by atoms with Crippen LogP contribution in [0.4, 0.5) is 10.1 Å². The van der Waals surface area contributed by atoms with Gasteiger partial charge >= 0.3 is 156 Å². The summed E-state index contributed by atoms with van der Waals surface area (Å²) in [6.07, 6.45) is 0.446. The summed E-state index contributed by atoms with van der Waals surface area (Å²) in [5, 5.41) is 0.666. The van der Waals surface area contributed by atoms with Crippen LogP contribution in [-0.2, 0) is 29.3 Å². The topological polar surface area (TPSA) is 32.7 Å². The Bertz CT molecular complexity index is 910. The van der Waals surface area contributed by atoms with Gasteiger partial charge in [0, 0.05) is 0 Å². The first-order valence-electron chi connectivity index (χ1n) is 7.38. The van der Waals surface area contributed by atoms with Crippen molar-refractivity contribution in [3.8, 4) is 0 Å². The van der Waals surface area contributed by atoms with Gasteiger partial charge in [-0.1, -0.05) is 0 Å². The van der Waals surface area contributed by atoms with Crippen molar-refractivity contribution in [3.63, 3.8) is 0 Å². The van der Waals surface area contributed by atoms with Crippen molar-refractivity contribution in [1.29, 1.82) is 0 Å². The van der Waals surface area contributed by atoms with Crippen LogP contribution in [0, 0.1) is 5.82 Å². The van der Waals surface area contributed by atoms with Crippen LogP contribution in [0.5, 0.6) is 0 Å². The number of anilines is 1. The van der Waals surface area contributed by atoms with Gasteiger partial charge in [-0.15, -0.1) is 0 Å². The molecule has 2 aromatic rings.